The summed E-state index contributed by atoms with van der Waals surface area (Å²) in [5, 5.41) is 7.68. The molecule has 4 rings (SSSR count). The van der Waals surface area contributed by atoms with E-state index in [0.29, 0.717) is 35.3 Å². The van der Waals surface area contributed by atoms with Gasteiger partial charge >= 0.3 is 0 Å². The van der Waals surface area contributed by atoms with Gasteiger partial charge in [-0.05, 0) is 63.4 Å². The lowest BCUT2D eigenvalue weighted by atomic mass is 9.86. The van der Waals surface area contributed by atoms with Crippen LogP contribution in [0.5, 0.6) is 5.75 Å². The van der Waals surface area contributed by atoms with Crippen LogP contribution in [0.4, 0.5) is 5.82 Å². The van der Waals surface area contributed by atoms with Crippen LogP contribution in [-0.4, -0.2) is 54.2 Å². The number of primary amides is 1. The number of para-hydroxylation sites is 1. The number of nitrogens with one attached hydrogen (secondary N) is 1. The van der Waals surface area contributed by atoms with E-state index < -0.39 is 5.91 Å². The van der Waals surface area contributed by atoms with E-state index in [9.17, 15) is 9.59 Å². The minimum Gasteiger partial charge on any atom is -0.496 e. The first kappa shape index (κ1) is 26.2. The van der Waals surface area contributed by atoms with Crippen LogP contribution in [0.25, 0.3) is 11.3 Å². The predicted octanol–water partition coefficient (Wildman–Crippen LogP) is 3.46. The first-order chi connectivity index (χ1) is 17.8. The fraction of sp³-hybridized carbons (Fsp3) is 0.393. The Bertz CT molecular complexity index is 1240. The third kappa shape index (κ3) is 5.94. The van der Waals surface area contributed by atoms with Crippen LogP contribution >= 0.6 is 0 Å². The number of hydrogen-bond acceptors (Lipinski definition) is 6. The number of anilines is 1. The molecule has 1 aromatic heterocycles. The lowest BCUT2D eigenvalue weighted by Gasteiger charge is -2.30. The van der Waals surface area contributed by atoms with Crippen LogP contribution in [0.2, 0.25) is 0 Å². The fourth-order valence-corrected chi connectivity index (χ4v) is 5.15. The number of nitrogens with zero attached hydrogens (tertiary/aromatic N) is 3. The first-order valence-electron chi connectivity index (χ1n) is 12.6. The summed E-state index contributed by atoms with van der Waals surface area (Å²) < 4.78 is 7.06. The summed E-state index contributed by atoms with van der Waals surface area (Å²) in [5.41, 5.74) is 15.0. The Morgan fingerprint density at radius 2 is 1.76 bits per heavy atom. The zero-order valence-corrected chi connectivity index (χ0v) is 21.7. The topological polar surface area (TPSA) is 128 Å². The Labute approximate surface area is 217 Å². The van der Waals surface area contributed by atoms with Gasteiger partial charge in [0.15, 0.2) is 0 Å². The van der Waals surface area contributed by atoms with Crippen LogP contribution in [-0.2, 0) is 6.54 Å². The van der Waals surface area contributed by atoms with Crippen molar-refractivity contribution < 1.29 is 14.3 Å². The predicted molar refractivity (Wildman–Crippen MR) is 144 cm³/mol. The molecule has 0 saturated heterocycles. The minimum atomic E-state index is -0.590. The molecule has 37 heavy (non-hydrogen) atoms. The number of carbonyl (C=O) groups excluding carboxylic acids is 2. The third-order valence-corrected chi connectivity index (χ3v) is 7.01. The van der Waals surface area contributed by atoms with E-state index in [1.807, 2.05) is 30.3 Å². The number of ether oxygens (including phenoxy) is 1. The number of amides is 2. The molecule has 5 N–H and O–H groups in total. The highest BCUT2D eigenvalue weighted by atomic mass is 16.5. The van der Waals surface area contributed by atoms with E-state index in [2.05, 4.69) is 24.3 Å². The molecule has 196 valence electrons. The van der Waals surface area contributed by atoms with E-state index in [-0.39, 0.29) is 17.5 Å². The molecule has 0 atom stereocenters. The monoisotopic (exact) mass is 504 g/mol. The molecule has 2 amide bonds. The van der Waals surface area contributed by atoms with E-state index in [1.54, 1.807) is 22.9 Å². The van der Waals surface area contributed by atoms with Crippen molar-refractivity contribution in [1.29, 1.82) is 0 Å². The summed E-state index contributed by atoms with van der Waals surface area (Å²) in [4.78, 5) is 27.2. The Morgan fingerprint density at radius 1 is 1.08 bits per heavy atom. The van der Waals surface area contributed by atoms with Crippen molar-refractivity contribution in [2.75, 3.05) is 33.5 Å². The maximum atomic E-state index is 12.6. The largest absolute Gasteiger partial charge is 0.496 e. The van der Waals surface area contributed by atoms with Crippen LogP contribution in [0, 0.1) is 5.92 Å². The van der Waals surface area contributed by atoms with Gasteiger partial charge in [0, 0.05) is 18.7 Å². The number of carbonyl (C=O) groups is 2. The number of aromatic nitrogens is 2. The molecule has 0 unspecified atom stereocenters. The van der Waals surface area contributed by atoms with Crippen molar-refractivity contribution in [3.05, 3.63) is 65.2 Å². The summed E-state index contributed by atoms with van der Waals surface area (Å²) in [5.74, 6) is 0.701. The van der Waals surface area contributed by atoms with Crippen molar-refractivity contribution in [3.63, 3.8) is 0 Å². The smallest absolute Gasteiger partial charge is 0.255 e. The Hall–Kier alpha value is -3.85. The van der Waals surface area contributed by atoms with E-state index >= 15 is 0 Å². The first-order valence-corrected chi connectivity index (χ1v) is 12.6. The molecule has 1 aliphatic carbocycles. The molecule has 0 spiro atoms. The van der Waals surface area contributed by atoms with Crippen LogP contribution in [0.1, 0.15) is 58.0 Å². The highest BCUT2D eigenvalue weighted by molar-refractivity contribution is 6.03. The Kier molecular flexibility index (Phi) is 8.13. The second-order valence-electron chi connectivity index (χ2n) is 9.93. The van der Waals surface area contributed by atoms with Gasteiger partial charge < -0.3 is 26.4 Å². The molecule has 1 fully saturated rings. The number of rotatable bonds is 9. The maximum Gasteiger partial charge on any atom is 0.255 e. The van der Waals surface area contributed by atoms with Gasteiger partial charge in [-0.25, -0.2) is 4.68 Å². The lowest BCUT2D eigenvalue weighted by molar-refractivity contribution is 0.0946. The zero-order chi connectivity index (χ0) is 26.5. The maximum absolute atomic E-state index is 12.6. The van der Waals surface area contributed by atoms with Gasteiger partial charge in [0.1, 0.15) is 22.8 Å². The number of hydrogen-bond donors (Lipinski definition) is 3. The lowest BCUT2D eigenvalue weighted by Crippen LogP contribution is -2.27. The molecule has 1 heterocycles. The van der Waals surface area contributed by atoms with Gasteiger partial charge in [0.2, 0.25) is 0 Å². The standard InChI is InChI=1S/C28H36N6O3/c1-33(2)17-19-10-14-21(15-11-19)34-26(29)24(27(30)35)25(32-34)20-12-8-18(9-13-20)16-31-28(36)22-6-4-5-7-23(22)37-3/h4-9,12-13,19,21H,10-11,14-17,29H2,1-3H3,(H2,30,35)(H,31,36). The summed E-state index contributed by atoms with van der Waals surface area (Å²) in [7, 11) is 5.74. The molecule has 0 aliphatic heterocycles. The molecular weight excluding hydrogens is 468 g/mol. The highest BCUT2D eigenvalue weighted by Crippen LogP contribution is 2.36. The van der Waals surface area contributed by atoms with Crippen molar-refractivity contribution in [2.24, 2.45) is 11.7 Å². The number of benzene rings is 2. The molecule has 0 bridgehead atoms. The minimum absolute atomic E-state index is 0.148. The molecule has 0 radical (unpaired) electrons. The molecular formula is C28H36N6O3. The average molecular weight is 505 g/mol. The van der Waals surface area contributed by atoms with E-state index in [0.717, 1.165) is 43.4 Å². The number of methoxy groups -OCH3 is 1. The number of nitrogen functional groups attached to an aromatic ring is 1. The van der Waals surface area contributed by atoms with Crippen molar-refractivity contribution in [1.82, 2.24) is 20.0 Å². The van der Waals surface area contributed by atoms with Gasteiger partial charge in [-0.1, -0.05) is 36.4 Å². The summed E-state index contributed by atoms with van der Waals surface area (Å²) in [6, 6.07) is 14.8. The molecule has 1 aliphatic rings. The van der Waals surface area contributed by atoms with Crippen LogP contribution < -0.4 is 21.5 Å². The molecule has 9 nitrogen and oxygen atoms in total. The van der Waals surface area contributed by atoms with E-state index in [1.165, 1.54) is 7.11 Å². The molecule has 1 saturated carbocycles. The van der Waals surface area contributed by atoms with E-state index in [4.69, 9.17) is 21.3 Å². The third-order valence-electron chi connectivity index (χ3n) is 7.01. The van der Waals surface area contributed by atoms with Crippen LogP contribution in [0.3, 0.4) is 0 Å². The fourth-order valence-electron chi connectivity index (χ4n) is 5.15. The van der Waals surface area contributed by atoms with Crippen molar-refractivity contribution in [3.8, 4) is 17.0 Å². The average Bonchev–Trinajstić information content (AvgIpc) is 3.24. The SMILES string of the molecule is COc1ccccc1C(=O)NCc1ccc(-c2nn(C3CCC(CN(C)C)CC3)c(N)c2C(N)=O)cc1. The second-order valence-corrected chi connectivity index (χ2v) is 9.93. The molecule has 2 aromatic carbocycles. The van der Waals surface area contributed by atoms with Crippen molar-refractivity contribution >= 4 is 17.6 Å². The van der Waals surface area contributed by atoms with Gasteiger partial charge in [0.25, 0.3) is 11.8 Å². The van der Waals surface area contributed by atoms with Crippen LogP contribution in [0.15, 0.2) is 48.5 Å². The van der Waals surface area contributed by atoms with Crippen molar-refractivity contribution in [2.45, 2.75) is 38.3 Å². The quantitative estimate of drug-likeness (QED) is 0.409. The zero-order valence-electron chi connectivity index (χ0n) is 21.7. The normalized spacial score (nSPS) is 17.5. The highest BCUT2D eigenvalue weighted by Gasteiger charge is 2.29. The molecule has 9 heteroatoms. The summed E-state index contributed by atoms with van der Waals surface area (Å²) >= 11 is 0. The van der Waals surface area contributed by atoms with Gasteiger partial charge in [0.05, 0.1) is 18.7 Å². The van der Waals surface area contributed by atoms with Gasteiger partial charge in [-0.2, -0.15) is 5.10 Å². The Morgan fingerprint density at radius 3 is 2.38 bits per heavy atom. The molecule has 3 aromatic rings. The van der Waals surface area contributed by atoms with Gasteiger partial charge in [-0.3, -0.25) is 9.59 Å². The Balaban J connectivity index is 1.48. The summed E-state index contributed by atoms with van der Waals surface area (Å²) in [6.07, 6.45) is 4.12. The number of nitrogens with two attached hydrogens (primary N) is 2. The summed E-state index contributed by atoms with van der Waals surface area (Å²) in [6.45, 7) is 1.41. The second kappa shape index (κ2) is 11.5. The van der Waals surface area contributed by atoms with Gasteiger partial charge in [-0.15, -0.1) is 0 Å².